The second-order valence-electron chi connectivity index (χ2n) is 6.61. The number of hydrogen-bond donors (Lipinski definition) is 2. The number of rotatable bonds is 10. The molecule has 31 heavy (non-hydrogen) atoms. The van der Waals surface area contributed by atoms with Gasteiger partial charge in [0, 0.05) is 18.2 Å². The van der Waals surface area contributed by atoms with Gasteiger partial charge in [-0.25, -0.2) is 9.37 Å². The van der Waals surface area contributed by atoms with Gasteiger partial charge in [-0.15, -0.1) is 0 Å². The van der Waals surface area contributed by atoms with Crippen LogP contribution in [0.5, 0.6) is 23.0 Å². The Labute approximate surface area is 179 Å². The predicted octanol–water partition coefficient (Wildman–Crippen LogP) is 3.18. The van der Waals surface area contributed by atoms with E-state index >= 15 is 0 Å². The molecule has 0 aliphatic carbocycles. The number of ether oxygens (including phenoxy) is 4. The average molecular weight is 428 g/mol. The van der Waals surface area contributed by atoms with Crippen molar-refractivity contribution >= 4 is 11.8 Å². The summed E-state index contributed by atoms with van der Waals surface area (Å²) in [6, 6.07) is 11.0. The SMILES string of the molecule is COc1ccc(COc2ccc(Cc3cnc(N)nc3N)cc2OC)cc1OCCF. The third-order valence-corrected chi connectivity index (χ3v) is 4.50. The molecule has 0 saturated carbocycles. The Hall–Kier alpha value is -3.75. The van der Waals surface area contributed by atoms with E-state index in [-0.39, 0.29) is 19.2 Å². The third-order valence-electron chi connectivity index (χ3n) is 4.50. The third kappa shape index (κ3) is 5.65. The Bertz CT molecular complexity index is 1030. The van der Waals surface area contributed by atoms with Gasteiger partial charge in [0.25, 0.3) is 0 Å². The first kappa shape index (κ1) is 21.9. The van der Waals surface area contributed by atoms with Gasteiger partial charge in [0.2, 0.25) is 5.95 Å². The van der Waals surface area contributed by atoms with E-state index < -0.39 is 6.67 Å². The molecule has 0 saturated heterocycles. The molecular weight excluding hydrogens is 403 g/mol. The minimum Gasteiger partial charge on any atom is -0.493 e. The van der Waals surface area contributed by atoms with Gasteiger partial charge in [-0.1, -0.05) is 12.1 Å². The van der Waals surface area contributed by atoms with Gasteiger partial charge >= 0.3 is 0 Å². The number of methoxy groups -OCH3 is 2. The van der Waals surface area contributed by atoms with E-state index in [0.717, 1.165) is 16.7 Å². The van der Waals surface area contributed by atoms with Crippen LogP contribution < -0.4 is 30.4 Å². The van der Waals surface area contributed by atoms with E-state index in [1.807, 2.05) is 24.3 Å². The molecule has 0 bridgehead atoms. The number of nitrogens with two attached hydrogens (primary N) is 2. The number of aromatic nitrogens is 2. The normalized spacial score (nSPS) is 10.5. The molecule has 1 heterocycles. The van der Waals surface area contributed by atoms with E-state index in [1.165, 1.54) is 7.11 Å². The van der Waals surface area contributed by atoms with Crippen LogP contribution in [-0.2, 0) is 13.0 Å². The summed E-state index contributed by atoms with van der Waals surface area (Å²) in [7, 11) is 3.10. The van der Waals surface area contributed by atoms with Gasteiger partial charge in [0.15, 0.2) is 23.0 Å². The molecule has 3 aromatic rings. The summed E-state index contributed by atoms with van der Waals surface area (Å²) >= 11 is 0. The van der Waals surface area contributed by atoms with Crippen LogP contribution in [0.1, 0.15) is 16.7 Å². The van der Waals surface area contributed by atoms with Crippen molar-refractivity contribution in [2.24, 2.45) is 0 Å². The van der Waals surface area contributed by atoms with Crippen LogP contribution in [0.4, 0.5) is 16.2 Å². The van der Waals surface area contributed by atoms with E-state index in [0.29, 0.717) is 35.2 Å². The van der Waals surface area contributed by atoms with E-state index in [9.17, 15) is 4.39 Å². The summed E-state index contributed by atoms with van der Waals surface area (Å²) < 4.78 is 34.5. The number of hydrogen-bond acceptors (Lipinski definition) is 8. The molecule has 0 aliphatic heterocycles. The van der Waals surface area contributed by atoms with Crippen molar-refractivity contribution in [2.75, 3.05) is 39.0 Å². The number of nitrogen functional groups attached to an aromatic ring is 2. The Morgan fingerprint density at radius 2 is 1.58 bits per heavy atom. The Morgan fingerprint density at radius 3 is 2.29 bits per heavy atom. The maximum atomic E-state index is 12.5. The maximum absolute atomic E-state index is 12.5. The molecule has 8 nitrogen and oxygen atoms in total. The summed E-state index contributed by atoms with van der Waals surface area (Å²) in [5.74, 6) is 2.64. The molecular formula is C22H25FN4O4. The zero-order valence-corrected chi connectivity index (χ0v) is 17.4. The summed E-state index contributed by atoms with van der Waals surface area (Å²) in [4.78, 5) is 7.97. The fourth-order valence-electron chi connectivity index (χ4n) is 2.96. The van der Waals surface area contributed by atoms with Crippen molar-refractivity contribution in [3.63, 3.8) is 0 Å². The first-order chi connectivity index (χ1) is 15.0. The molecule has 3 rings (SSSR count). The summed E-state index contributed by atoms with van der Waals surface area (Å²) in [5.41, 5.74) is 14.0. The van der Waals surface area contributed by atoms with Crippen LogP contribution in [0.3, 0.4) is 0 Å². The minimum atomic E-state index is -0.582. The average Bonchev–Trinajstić information content (AvgIpc) is 2.78. The van der Waals surface area contributed by atoms with Crippen LogP contribution in [0.15, 0.2) is 42.6 Å². The molecule has 1 aromatic heterocycles. The highest BCUT2D eigenvalue weighted by atomic mass is 19.1. The highest BCUT2D eigenvalue weighted by Crippen LogP contribution is 2.32. The molecule has 0 aliphatic rings. The van der Waals surface area contributed by atoms with Gasteiger partial charge in [0.1, 0.15) is 25.7 Å². The molecule has 0 fully saturated rings. The first-order valence-electron chi connectivity index (χ1n) is 9.56. The van der Waals surface area contributed by atoms with Crippen molar-refractivity contribution < 1.29 is 23.3 Å². The topological polar surface area (TPSA) is 115 Å². The minimum absolute atomic E-state index is 0.0421. The molecule has 0 amide bonds. The van der Waals surface area contributed by atoms with Crippen LogP contribution >= 0.6 is 0 Å². The summed E-state index contributed by atoms with van der Waals surface area (Å²) in [6.45, 7) is -0.356. The summed E-state index contributed by atoms with van der Waals surface area (Å²) in [6.07, 6.45) is 2.14. The largest absolute Gasteiger partial charge is 0.493 e. The number of alkyl halides is 1. The van der Waals surface area contributed by atoms with Crippen molar-refractivity contribution in [3.8, 4) is 23.0 Å². The van der Waals surface area contributed by atoms with Gasteiger partial charge in [0.05, 0.1) is 14.2 Å². The van der Waals surface area contributed by atoms with Gasteiger partial charge in [-0.05, 0) is 35.4 Å². The lowest BCUT2D eigenvalue weighted by molar-refractivity contribution is 0.257. The van der Waals surface area contributed by atoms with E-state index in [1.54, 1.807) is 25.4 Å². The molecule has 2 aromatic carbocycles. The lowest BCUT2D eigenvalue weighted by Gasteiger charge is -2.14. The maximum Gasteiger partial charge on any atom is 0.221 e. The summed E-state index contributed by atoms with van der Waals surface area (Å²) in [5, 5.41) is 0. The Balaban J connectivity index is 1.72. The molecule has 0 radical (unpaired) electrons. The number of halogens is 1. The second-order valence-corrected chi connectivity index (χ2v) is 6.61. The lowest BCUT2D eigenvalue weighted by Crippen LogP contribution is -2.04. The van der Waals surface area contributed by atoms with Crippen LogP contribution in [0, 0.1) is 0 Å². The van der Waals surface area contributed by atoms with Crippen LogP contribution in [-0.4, -0.2) is 37.5 Å². The van der Waals surface area contributed by atoms with Crippen LogP contribution in [0.2, 0.25) is 0 Å². The van der Waals surface area contributed by atoms with Crippen molar-refractivity contribution in [1.82, 2.24) is 9.97 Å². The Kier molecular flexibility index (Phi) is 7.31. The molecule has 4 N–H and O–H groups in total. The number of nitrogens with zero attached hydrogens (tertiary/aromatic N) is 2. The van der Waals surface area contributed by atoms with Gasteiger partial charge in [-0.3, -0.25) is 0 Å². The fourth-order valence-corrected chi connectivity index (χ4v) is 2.96. The zero-order chi connectivity index (χ0) is 22.2. The first-order valence-corrected chi connectivity index (χ1v) is 9.56. The molecule has 164 valence electrons. The molecule has 0 spiro atoms. The van der Waals surface area contributed by atoms with Gasteiger partial charge < -0.3 is 30.4 Å². The zero-order valence-electron chi connectivity index (χ0n) is 17.4. The predicted molar refractivity (Wildman–Crippen MR) is 115 cm³/mol. The molecule has 0 atom stereocenters. The van der Waals surface area contributed by atoms with Crippen molar-refractivity contribution in [2.45, 2.75) is 13.0 Å². The smallest absolute Gasteiger partial charge is 0.221 e. The van der Waals surface area contributed by atoms with E-state index in [2.05, 4.69) is 9.97 Å². The Morgan fingerprint density at radius 1 is 0.871 bits per heavy atom. The number of benzene rings is 2. The van der Waals surface area contributed by atoms with Crippen molar-refractivity contribution in [1.29, 1.82) is 0 Å². The van der Waals surface area contributed by atoms with Gasteiger partial charge in [-0.2, -0.15) is 4.98 Å². The van der Waals surface area contributed by atoms with Crippen molar-refractivity contribution in [3.05, 3.63) is 59.3 Å². The van der Waals surface area contributed by atoms with Crippen LogP contribution in [0.25, 0.3) is 0 Å². The molecule has 9 heteroatoms. The number of anilines is 2. The second kappa shape index (κ2) is 10.3. The fraction of sp³-hybridized carbons (Fsp3) is 0.273. The standard InChI is InChI=1S/C22H25FN4O4/c1-28-17-5-4-15(11-20(17)30-8-7-23)13-31-18-6-3-14(10-19(18)29-2)9-16-12-26-22(25)27-21(16)24/h3-6,10-12H,7-9,13H2,1-2H3,(H4,24,25,26,27). The quantitative estimate of drug-likeness (QED) is 0.506. The van der Waals surface area contributed by atoms with E-state index in [4.69, 9.17) is 30.4 Å². The lowest BCUT2D eigenvalue weighted by atomic mass is 10.1. The monoisotopic (exact) mass is 428 g/mol. The molecule has 0 unspecified atom stereocenters. The highest BCUT2D eigenvalue weighted by molar-refractivity contribution is 5.48. The highest BCUT2D eigenvalue weighted by Gasteiger charge is 2.11.